The largest absolute Gasteiger partial charge is 0.497 e. The molecule has 0 amide bonds. The molecule has 0 saturated heterocycles. The van der Waals surface area contributed by atoms with Crippen molar-refractivity contribution in [3.63, 3.8) is 0 Å². The van der Waals surface area contributed by atoms with Gasteiger partial charge < -0.3 is 14.7 Å². The van der Waals surface area contributed by atoms with Gasteiger partial charge >= 0.3 is 10.1 Å². The molecule has 0 unspecified atom stereocenters. The van der Waals surface area contributed by atoms with E-state index >= 15 is 0 Å². The van der Waals surface area contributed by atoms with E-state index in [1.54, 1.807) is 0 Å². The number of nitrogen functional groups attached to an aromatic ring is 1. The number of pyridine rings is 1. The van der Waals surface area contributed by atoms with Crippen molar-refractivity contribution in [1.82, 2.24) is 4.98 Å². The van der Waals surface area contributed by atoms with Crippen LogP contribution in [0, 0.1) is 0 Å². The molecular formula is C12H11ClN2O4S. The fourth-order valence-electron chi connectivity index (χ4n) is 1.45. The normalized spacial score (nSPS) is 11.1. The molecule has 0 aliphatic heterocycles. The van der Waals surface area contributed by atoms with Crippen molar-refractivity contribution in [3.05, 3.63) is 41.7 Å². The molecule has 20 heavy (non-hydrogen) atoms. The maximum absolute atomic E-state index is 12.1. The van der Waals surface area contributed by atoms with Crippen molar-refractivity contribution < 1.29 is 17.3 Å². The molecule has 0 fully saturated rings. The minimum Gasteiger partial charge on any atom is -0.497 e. The molecule has 0 bridgehead atoms. The summed E-state index contributed by atoms with van der Waals surface area (Å²) in [6.07, 6.45) is 1.38. The van der Waals surface area contributed by atoms with Crippen LogP contribution >= 0.6 is 11.6 Å². The minimum atomic E-state index is -4.10. The van der Waals surface area contributed by atoms with E-state index in [0.717, 1.165) is 0 Å². The number of ether oxygens (including phenoxy) is 1. The highest BCUT2D eigenvalue weighted by molar-refractivity contribution is 7.87. The topological polar surface area (TPSA) is 91.5 Å². The van der Waals surface area contributed by atoms with Crippen molar-refractivity contribution in [3.8, 4) is 11.5 Å². The molecule has 0 aliphatic rings. The summed E-state index contributed by atoms with van der Waals surface area (Å²) in [6, 6.07) is 7.13. The number of hydrogen-bond donors (Lipinski definition) is 1. The van der Waals surface area contributed by atoms with E-state index in [1.165, 1.54) is 43.6 Å². The number of aromatic nitrogens is 1. The third kappa shape index (κ3) is 2.94. The second kappa shape index (κ2) is 5.56. The molecule has 1 aromatic heterocycles. The molecule has 2 N–H and O–H groups in total. The lowest BCUT2D eigenvalue weighted by molar-refractivity contribution is 0.414. The summed E-state index contributed by atoms with van der Waals surface area (Å²) >= 11 is 5.74. The van der Waals surface area contributed by atoms with Crippen LogP contribution in [0.5, 0.6) is 11.5 Å². The summed E-state index contributed by atoms with van der Waals surface area (Å²) in [5.41, 5.74) is 5.83. The Bertz CT molecular complexity index is 734. The van der Waals surface area contributed by atoms with E-state index in [1.807, 2.05) is 0 Å². The van der Waals surface area contributed by atoms with Gasteiger partial charge in [0.15, 0.2) is 10.9 Å². The molecule has 8 heteroatoms. The number of benzene rings is 1. The van der Waals surface area contributed by atoms with Gasteiger partial charge in [0, 0.05) is 12.3 Å². The van der Waals surface area contributed by atoms with Gasteiger partial charge in [-0.15, -0.1) is 0 Å². The van der Waals surface area contributed by atoms with Gasteiger partial charge in [-0.1, -0.05) is 11.6 Å². The first-order valence-electron chi connectivity index (χ1n) is 5.42. The molecule has 0 radical (unpaired) electrons. The second-order valence-electron chi connectivity index (χ2n) is 3.73. The first-order valence-corrected chi connectivity index (χ1v) is 7.21. The van der Waals surface area contributed by atoms with Crippen LogP contribution in [-0.2, 0) is 10.1 Å². The van der Waals surface area contributed by atoms with Crippen LogP contribution in [0.25, 0.3) is 0 Å². The number of nitrogens with two attached hydrogens (primary N) is 1. The molecule has 1 heterocycles. The van der Waals surface area contributed by atoms with Gasteiger partial charge in [-0.05, 0) is 24.3 Å². The Morgan fingerprint density at radius 2 is 2.05 bits per heavy atom. The maximum Gasteiger partial charge on any atom is 0.342 e. The van der Waals surface area contributed by atoms with Gasteiger partial charge in [-0.3, -0.25) is 0 Å². The highest BCUT2D eigenvalue weighted by atomic mass is 35.5. The Labute approximate surface area is 121 Å². The van der Waals surface area contributed by atoms with E-state index in [-0.39, 0.29) is 21.5 Å². The summed E-state index contributed by atoms with van der Waals surface area (Å²) in [5, 5.41) is -0.167. The molecule has 2 rings (SSSR count). The predicted molar refractivity (Wildman–Crippen MR) is 74.5 cm³/mol. The lowest BCUT2D eigenvalue weighted by Gasteiger charge is -2.10. The van der Waals surface area contributed by atoms with Gasteiger partial charge in [0.05, 0.1) is 12.8 Å². The van der Waals surface area contributed by atoms with Crippen molar-refractivity contribution in [1.29, 1.82) is 0 Å². The molecule has 0 atom stereocenters. The Morgan fingerprint density at radius 3 is 2.65 bits per heavy atom. The molecule has 0 saturated carbocycles. The second-order valence-corrected chi connectivity index (χ2v) is 5.61. The molecule has 1 aromatic carbocycles. The van der Waals surface area contributed by atoms with Crippen LogP contribution in [0.4, 0.5) is 5.69 Å². The Hall–Kier alpha value is -1.99. The third-order valence-corrected chi connectivity index (χ3v) is 4.09. The maximum atomic E-state index is 12.1. The van der Waals surface area contributed by atoms with Crippen LogP contribution in [-0.4, -0.2) is 20.5 Å². The Balaban J connectivity index is 2.36. The zero-order valence-corrected chi connectivity index (χ0v) is 12.0. The van der Waals surface area contributed by atoms with E-state index < -0.39 is 10.1 Å². The van der Waals surface area contributed by atoms with Crippen LogP contribution < -0.4 is 14.7 Å². The zero-order valence-electron chi connectivity index (χ0n) is 10.4. The van der Waals surface area contributed by atoms with E-state index in [9.17, 15) is 8.42 Å². The van der Waals surface area contributed by atoms with E-state index in [2.05, 4.69) is 4.98 Å². The molecule has 0 aliphatic carbocycles. The summed E-state index contributed by atoms with van der Waals surface area (Å²) in [4.78, 5) is 3.47. The van der Waals surface area contributed by atoms with Gasteiger partial charge in [-0.25, -0.2) is 4.98 Å². The number of methoxy groups -OCH3 is 1. The Morgan fingerprint density at radius 1 is 1.30 bits per heavy atom. The SMILES string of the molecule is COc1ccc(OS(=O)(=O)c2cccnc2Cl)c(N)c1. The number of halogens is 1. The van der Waals surface area contributed by atoms with Crippen molar-refractivity contribution in [2.75, 3.05) is 12.8 Å². The fourth-order valence-corrected chi connectivity index (χ4v) is 2.84. The lowest BCUT2D eigenvalue weighted by Crippen LogP contribution is -2.12. The molecule has 2 aromatic rings. The van der Waals surface area contributed by atoms with Crippen molar-refractivity contribution in [2.24, 2.45) is 0 Å². The molecule has 0 spiro atoms. The van der Waals surface area contributed by atoms with Crippen LogP contribution in [0.3, 0.4) is 0 Å². The van der Waals surface area contributed by atoms with Crippen molar-refractivity contribution in [2.45, 2.75) is 4.90 Å². The minimum absolute atomic E-state index is 0.00859. The summed E-state index contributed by atoms with van der Waals surface area (Å²) < 4.78 is 34.1. The number of anilines is 1. The van der Waals surface area contributed by atoms with Gasteiger partial charge in [0.2, 0.25) is 0 Å². The highest BCUT2D eigenvalue weighted by Crippen LogP contribution is 2.30. The molecule has 6 nitrogen and oxygen atoms in total. The zero-order chi connectivity index (χ0) is 14.8. The van der Waals surface area contributed by atoms with E-state index in [4.69, 9.17) is 26.3 Å². The number of nitrogens with zero attached hydrogens (tertiary/aromatic N) is 1. The number of rotatable bonds is 4. The van der Waals surface area contributed by atoms with Gasteiger partial charge in [0.1, 0.15) is 10.6 Å². The Kier molecular flexibility index (Phi) is 4.01. The summed E-state index contributed by atoms with van der Waals surface area (Å²) in [6.45, 7) is 0. The monoisotopic (exact) mass is 314 g/mol. The first-order chi connectivity index (χ1) is 9.44. The summed E-state index contributed by atoms with van der Waals surface area (Å²) in [7, 11) is -2.63. The average Bonchev–Trinajstić information content (AvgIpc) is 2.41. The average molecular weight is 315 g/mol. The van der Waals surface area contributed by atoms with Crippen LogP contribution in [0.2, 0.25) is 5.15 Å². The quantitative estimate of drug-likeness (QED) is 0.528. The van der Waals surface area contributed by atoms with E-state index in [0.29, 0.717) is 5.75 Å². The standard InChI is InChI=1S/C12H11ClN2O4S/c1-18-8-4-5-10(9(14)7-8)19-20(16,17)11-3-2-6-15-12(11)13/h2-7H,14H2,1H3. The van der Waals surface area contributed by atoms with Crippen LogP contribution in [0.15, 0.2) is 41.4 Å². The van der Waals surface area contributed by atoms with Gasteiger partial charge in [-0.2, -0.15) is 8.42 Å². The number of hydrogen-bond acceptors (Lipinski definition) is 6. The predicted octanol–water partition coefficient (Wildman–Crippen LogP) is 2.09. The van der Waals surface area contributed by atoms with Gasteiger partial charge in [0.25, 0.3) is 0 Å². The van der Waals surface area contributed by atoms with Crippen LogP contribution in [0.1, 0.15) is 0 Å². The fraction of sp³-hybridized carbons (Fsp3) is 0.0833. The summed E-state index contributed by atoms with van der Waals surface area (Å²) in [5.74, 6) is 0.484. The first kappa shape index (κ1) is 14.4. The smallest absolute Gasteiger partial charge is 0.342 e. The third-order valence-electron chi connectivity index (χ3n) is 2.41. The lowest BCUT2D eigenvalue weighted by atomic mass is 10.3. The highest BCUT2D eigenvalue weighted by Gasteiger charge is 2.22. The molecule has 106 valence electrons. The van der Waals surface area contributed by atoms with Crippen molar-refractivity contribution >= 4 is 27.4 Å². The molecular weight excluding hydrogens is 304 g/mol.